The van der Waals surface area contributed by atoms with E-state index in [2.05, 4.69) is 0 Å². The third-order valence-corrected chi connectivity index (χ3v) is 2.98. The number of hydrogen-bond donors (Lipinski definition) is 4. The number of hydrogen-bond acceptors (Lipinski definition) is 5. The summed E-state index contributed by atoms with van der Waals surface area (Å²) in [4.78, 5) is 0. The standard InChI is InChI=1S/C8H7BO4S/c10-4-1-5-6(9(12)13)3-14-8(5)7(11)2-4/h1-3,10-13H. The van der Waals surface area contributed by atoms with Crippen molar-refractivity contribution in [1.82, 2.24) is 0 Å². The minimum Gasteiger partial charge on any atom is -0.508 e. The first-order valence-corrected chi connectivity index (χ1v) is 4.77. The normalized spacial score (nSPS) is 10.7. The van der Waals surface area contributed by atoms with Crippen molar-refractivity contribution >= 4 is 34.0 Å². The van der Waals surface area contributed by atoms with Crippen LogP contribution in [0.3, 0.4) is 0 Å². The molecule has 6 heteroatoms. The molecule has 0 aliphatic heterocycles. The van der Waals surface area contributed by atoms with Gasteiger partial charge in [-0.05, 0) is 16.8 Å². The van der Waals surface area contributed by atoms with Gasteiger partial charge in [-0.25, -0.2) is 0 Å². The van der Waals surface area contributed by atoms with Gasteiger partial charge in [0.1, 0.15) is 11.5 Å². The summed E-state index contributed by atoms with van der Waals surface area (Å²) in [6.45, 7) is 0. The highest BCUT2D eigenvalue weighted by molar-refractivity contribution is 7.19. The second kappa shape index (κ2) is 3.16. The Labute approximate surface area is 83.8 Å². The highest BCUT2D eigenvalue weighted by Gasteiger charge is 2.18. The predicted octanol–water partition coefficient (Wildman–Crippen LogP) is -0.00770. The lowest BCUT2D eigenvalue weighted by molar-refractivity contribution is 0.426. The largest absolute Gasteiger partial charge is 0.508 e. The third kappa shape index (κ3) is 1.33. The van der Waals surface area contributed by atoms with Crippen molar-refractivity contribution in [3.8, 4) is 11.5 Å². The predicted molar refractivity (Wildman–Crippen MR) is 55.0 cm³/mol. The van der Waals surface area contributed by atoms with Gasteiger partial charge in [-0.3, -0.25) is 0 Å². The quantitative estimate of drug-likeness (QED) is 0.499. The molecule has 1 heterocycles. The zero-order valence-corrected chi connectivity index (χ0v) is 7.82. The van der Waals surface area contributed by atoms with E-state index in [0.29, 0.717) is 10.1 Å². The van der Waals surface area contributed by atoms with E-state index in [1.165, 1.54) is 28.8 Å². The molecule has 0 aliphatic rings. The Morgan fingerprint density at radius 3 is 2.50 bits per heavy atom. The van der Waals surface area contributed by atoms with E-state index in [1.54, 1.807) is 0 Å². The summed E-state index contributed by atoms with van der Waals surface area (Å²) in [5.41, 5.74) is 0.288. The molecule has 1 aromatic heterocycles. The van der Waals surface area contributed by atoms with Gasteiger partial charge in [0, 0.05) is 11.5 Å². The molecule has 0 amide bonds. The molecule has 0 unspecified atom stereocenters. The van der Waals surface area contributed by atoms with E-state index < -0.39 is 7.12 Å². The van der Waals surface area contributed by atoms with Crippen LogP contribution in [0.2, 0.25) is 0 Å². The Kier molecular flexibility index (Phi) is 2.11. The Morgan fingerprint density at radius 2 is 1.86 bits per heavy atom. The van der Waals surface area contributed by atoms with Gasteiger partial charge in [-0.2, -0.15) is 0 Å². The number of aromatic hydroxyl groups is 2. The molecule has 72 valence electrons. The minimum absolute atomic E-state index is 0.0584. The summed E-state index contributed by atoms with van der Waals surface area (Å²) < 4.78 is 0.533. The lowest BCUT2D eigenvalue weighted by Gasteiger charge is -1.99. The Balaban J connectivity index is 2.78. The van der Waals surface area contributed by atoms with Crippen molar-refractivity contribution in [3.63, 3.8) is 0 Å². The van der Waals surface area contributed by atoms with Crippen molar-refractivity contribution in [3.05, 3.63) is 17.5 Å². The lowest BCUT2D eigenvalue weighted by Crippen LogP contribution is -2.28. The van der Waals surface area contributed by atoms with Gasteiger partial charge in [0.15, 0.2) is 0 Å². The monoisotopic (exact) mass is 210 g/mol. The van der Waals surface area contributed by atoms with E-state index in [1.807, 2.05) is 0 Å². The van der Waals surface area contributed by atoms with Crippen LogP contribution in [0, 0.1) is 0 Å². The number of thiophene rings is 1. The first-order valence-electron chi connectivity index (χ1n) is 3.89. The van der Waals surface area contributed by atoms with Gasteiger partial charge >= 0.3 is 7.12 Å². The van der Waals surface area contributed by atoms with E-state index in [9.17, 15) is 10.2 Å². The highest BCUT2D eigenvalue weighted by atomic mass is 32.1. The van der Waals surface area contributed by atoms with Gasteiger partial charge < -0.3 is 20.3 Å². The number of rotatable bonds is 1. The second-order valence-corrected chi connectivity index (χ2v) is 3.79. The lowest BCUT2D eigenvalue weighted by atomic mass is 9.80. The maximum absolute atomic E-state index is 9.43. The van der Waals surface area contributed by atoms with Crippen molar-refractivity contribution in [2.45, 2.75) is 0 Å². The first kappa shape index (κ1) is 9.33. The number of benzene rings is 1. The van der Waals surface area contributed by atoms with Crippen molar-refractivity contribution in [2.75, 3.05) is 0 Å². The molecule has 0 saturated heterocycles. The molecule has 1 aromatic carbocycles. The van der Waals surface area contributed by atoms with Gasteiger partial charge in [0.25, 0.3) is 0 Å². The molecule has 14 heavy (non-hydrogen) atoms. The maximum Gasteiger partial charge on any atom is 0.489 e. The molecular weight excluding hydrogens is 203 g/mol. The van der Waals surface area contributed by atoms with Crippen LogP contribution < -0.4 is 5.46 Å². The van der Waals surface area contributed by atoms with Crippen LogP contribution in [0.15, 0.2) is 17.5 Å². The molecular formula is C8H7BO4S. The van der Waals surface area contributed by atoms with Crippen LogP contribution in [0.1, 0.15) is 0 Å². The first-order chi connectivity index (χ1) is 6.59. The molecule has 0 fully saturated rings. The highest BCUT2D eigenvalue weighted by Crippen LogP contribution is 2.32. The Morgan fingerprint density at radius 1 is 1.14 bits per heavy atom. The van der Waals surface area contributed by atoms with Crippen molar-refractivity contribution in [1.29, 1.82) is 0 Å². The van der Waals surface area contributed by atoms with Gasteiger partial charge in [0.2, 0.25) is 0 Å². The van der Waals surface area contributed by atoms with Crippen molar-refractivity contribution < 1.29 is 20.3 Å². The molecule has 4 nitrogen and oxygen atoms in total. The molecule has 0 radical (unpaired) electrons. The summed E-state index contributed by atoms with van der Waals surface area (Å²) >= 11 is 1.20. The van der Waals surface area contributed by atoms with Crippen LogP contribution in [0.25, 0.3) is 10.1 Å². The molecule has 0 saturated carbocycles. The number of fused-ring (bicyclic) bond motifs is 1. The average molecular weight is 210 g/mol. The fourth-order valence-corrected chi connectivity index (χ4v) is 2.30. The zero-order valence-electron chi connectivity index (χ0n) is 7.01. The van der Waals surface area contributed by atoms with Crippen LogP contribution in [0.5, 0.6) is 11.5 Å². The fraction of sp³-hybridized carbons (Fsp3) is 0. The summed E-state index contributed by atoms with van der Waals surface area (Å²) in [5.74, 6) is -0.160. The van der Waals surface area contributed by atoms with Crippen LogP contribution in [-0.4, -0.2) is 27.4 Å². The Hall–Kier alpha value is -1.24. The van der Waals surface area contributed by atoms with E-state index in [4.69, 9.17) is 10.0 Å². The number of phenolic OH excluding ortho intramolecular Hbond substituents is 2. The Bertz CT molecular complexity index is 479. The summed E-state index contributed by atoms with van der Waals surface area (Å²) in [7, 11) is -1.59. The molecule has 0 atom stereocenters. The van der Waals surface area contributed by atoms with Gasteiger partial charge in [-0.1, -0.05) is 0 Å². The molecule has 0 spiro atoms. The molecule has 4 N–H and O–H groups in total. The molecule has 2 aromatic rings. The van der Waals surface area contributed by atoms with E-state index in [-0.39, 0.29) is 17.0 Å². The van der Waals surface area contributed by atoms with Crippen LogP contribution in [-0.2, 0) is 0 Å². The zero-order chi connectivity index (χ0) is 10.3. The topological polar surface area (TPSA) is 80.9 Å². The van der Waals surface area contributed by atoms with Crippen LogP contribution >= 0.6 is 11.3 Å². The summed E-state index contributed by atoms with van der Waals surface area (Å²) in [6.07, 6.45) is 0. The van der Waals surface area contributed by atoms with Crippen LogP contribution in [0.4, 0.5) is 0 Å². The maximum atomic E-state index is 9.43. The third-order valence-electron chi connectivity index (χ3n) is 1.95. The summed E-state index contributed by atoms with van der Waals surface area (Å²) in [6, 6.07) is 2.60. The fourth-order valence-electron chi connectivity index (χ4n) is 1.32. The smallest absolute Gasteiger partial charge is 0.489 e. The second-order valence-electron chi connectivity index (χ2n) is 2.91. The average Bonchev–Trinajstić information content (AvgIpc) is 2.47. The minimum atomic E-state index is -1.59. The van der Waals surface area contributed by atoms with Crippen molar-refractivity contribution in [2.24, 2.45) is 0 Å². The number of phenols is 2. The van der Waals surface area contributed by atoms with Gasteiger partial charge in [-0.15, -0.1) is 11.3 Å². The van der Waals surface area contributed by atoms with Gasteiger partial charge in [0.05, 0.1) is 4.70 Å². The SMILES string of the molecule is OB(O)c1csc2c(O)cc(O)cc12. The molecule has 0 bridgehead atoms. The summed E-state index contributed by atoms with van der Waals surface area (Å²) in [5, 5.41) is 38.6. The molecule has 2 rings (SSSR count). The molecule has 0 aliphatic carbocycles. The van der Waals surface area contributed by atoms with E-state index in [0.717, 1.165) is 0 Å². The van der Waals surface area contributed by atoms with E-state index >= 15 is 0 Å².